The highest BCUT2D eigenvalue weighted by atomic mass is 32.2. The molecule has 0 radical (unpaired) electrons. The largest absolute Gasteiger partial charge is 0.454 e. The lowest BCUT2D eigenvalue weighted by molar-refractivity contribution is -0.108. The zero-order chi connectivity index (χ0) is 19.4. The summed E-state index contributed by atoms with van der Waals surface area (Å²) in [5.74, 6) is 1.26. The fraction of sp³-hybridized carbons (Fsp3) is 0.368. The Balaban J connectivity index is 1.91. The van der Waals surface area contributed by atoms with Crippen LogP contribution in [0.5, 0.6) is 11.5 Å². The number of methoxy groups -OCH3 is 2. The molecule has 0 spiro atoms. The summed E-state index contributed by atoms with van der Waals surface area (Å²) in [5.41, 5.74) is 1.77. The second-order valence-electron chi connectivity index (χ2n) is 6.20. The average molecular weight is 393 g/mol. The van der Waals surface area contributed by atoms with Crippen molar-refractivity contribution in [3.8, 4) is 11.5 Å². The Bertz CT molecular complexity index is 878. The number of aryl methyl sites for hydroxylation is 1. The van der Waals surface area contributed by atoms with Gasteiger partial charge >= 0.3 is 0 Å². The first kappa shape index (κ1) is 19.6. The summed E-state index contributed by atoms with van der Waals surface area (Å²) in [7, 11) is -0.789. The number of rotatable bonds is 8. The molecule has 8 heteroatoms. The first-order chi connectivity index (χ1) is 12.9. The molecule has 0 bridgehead atoms. The Morgan fingerprint density at radius 1 is 1.04 bits per heavy atom. The lowest BCUT2D eigenvalue weighted by Gasteiger charge is -2.26. The van der Waals surface area contributed by atoms with Crippen LogP contribution in [-0.4, -0.2) is 46.6 Å². The number of fused-ring (bicyclic) bond motifs is 1. The smallest absolute Gasteiger partial charge is 0.243 e. The first-order valence-electron chi connectivity index (χ1n) is 8.45. The van der Waals surface area contributed by atoms with Crippen molar-refractivity contribution < 1.29 is 27.4 Å². The molecule has 1 heterocycles. The van der Waals surface area contributed by atoms with Gasteiger partial charge in [0.2, 0.25) is 16.8 Å². The SMILES string of the molecule is COC(CN(Cc1ccc2c(c1)OCO2)S(=O)(=O)c1ccc(C)cc1)OC. The molecule has 1 aliphatic rings. The van der Waals surface area contributed by atoms with Gasteiger partial charge in [0.25, 0.3) is 0 Å². The summed E-state index contributed by atoms with van der Waals surface area (Å²) in [6.07, 6.45) is -0.681. The molecule has 0 saturated heterocycles. The maximum atomic E-state index is 13.2. The Morgan fingerprint density at radius 2 is 1.70 bits per heavy atom. The predicted molar refractivity (Wildman–Crippen MR) is 99.1 cm³/mol. The minimum Gasteiger partial charge on any atom is -0.454 e. The summed E-state index contributed by atoms with van der Waals surface area (Å²) in [6, 6.07) is 12.1. The maximum Gasteiger partial charge on any atom is 0.243 e. The van der Waals surface area contributed by atoms with Crippen LogP contribution in [0.1, 0.15) is 11.1 Å². The molecule has 0 aromatic heterocycles. The van der Waals surface area contributed by atoms with E-state index in [0.29, 0.717) is 11.5 Å². The molecule has 0 atom stereocenters. The van der Waals surface area contributed by atoms with Gasteiger partial charge in [0, 0.05) is 20.8 Å². The van der Waals surface area contributed by atoms with Crippen LogP contribution in [0.25, 0.3) is 0 Å². The third-order valence-corrected chi connectivity index (χ3v) is 6.16. The van der Waals surface area contributed by atoms with Crippen LogP contribution in [0.15, 0.2) is 47.4 Å². The summed E-state index contributed by atoms with van der Waals surface area (Å²) < 4.78 is 48.9. The molecule has 2 aromatic rings. The molecular weight excluding hydrogens is 370 g/mol. The highest BCUT2D eigenvalue weighted by molar-refractivity contribution is 7.89. The van der Waals surface area contributed by atoms with Crippen LogP contribution in [0, 0.1) is 6.92 Å². The van der Waals surface area contributed by atoms with Gasteiger partial charge in [-0.25, -0.2) is 8.42 Å². The van der Waals surface area contributed by atoms with E-state index in [4.69, 9.17) is 18.9 Å². The lowest BCUT2D eigenvalue weighted by atomic mass is 10.2. The van der Waals surface area contributed by atoms with Gasteiger partial charge in [0.15, 0.2) is 17.8 Å². The number of ether oxygens (including phenoxy) is 4. The molecule has 0 fully saturated rings. The van der Waals surface area contributed by atoms with E-state index in [0.717, 1.165) is 11.1 Å². The van der Waals surface area contributed by atoms with Crippen LogP contribution < -0.4 is 9.47 Å². The zero-order valence-corrected chi connectivity index (χ0v) is 16.4. The van der Waals surface area contributed by atoms with E-state index in [-0.39, 0.29) is 24.8 Å². The van der Waals surface area contributed by atoms with Crippen LogP contribution in [0.2, 0.25) is 0 Å². The Kier molecular flexibility index (Phi) is 6.01. The lowest BCUT2D eigenvalue weighted by Crippen LogP contribution is -2.38. The zero-order valence-electron chi connectivity index (χ0n) is 15.5. The summed E-state index contributed by atoms with van der Waals surface area (Å²) in [4.78, 5) is 0.222. The molecule has 146 valence electrons. The highest BCUT2D eigenvalue weighted by Gasteiger charge is 2.28. The van der Waals surface area contributed by atoms with Crippen molar-refractivity contribution in [1.82, 2.24) is 4.31 Å². The van der Waals surface area contributed by atoms with Crippen LogP contribution in [0.3, 0.4) is 0 Å². The molecule has 0 unspecified atom stereocenters. The van der Waals surface area contributed by atoms with Crippen molar-refractivity contribution in [2.24, 2.45) is 0 Å². The van der Waals surface area contributed by atoms with Crippen molar-refractivity contribution in [3.63, 3.8) is 0 Å². The predicted octanol–water partition coefficient (Wildman–Crippen LogP) is 2.53. The van der Waals surface area contributed by atoms with Gasteiger partial charge in [-0.2, -0.15) is 4.31 Å². The molecule has 0 N–H and O–H groups in total. The molecular formula is C19H23NO6S. The number of hydrogen-bond donors (Lipinski definition) is 0. The maximum absolute atomic E-state index is 13.2. The average Bonchev–Trinajstić information content (AvgIpc) is 3.13. The van der Waals surface area contributed by atoms with Gasteiger partial charge in [-0.05, 0) is 36.8 Å². The highest BCUT2D eigenvalue weighted by Crippen LogP contribution is 2.33. The quantitative estimate of drug-likeness (QED) is 0.642. The van der Waals surface area contributed by atoms with Crippen molar-refractivity contribution in [2.75, 3.05) is 27.6 Å². The summed E-state index contributed by atoms with van der Waals surface area (Å²) >= 11 is 0. The van der Waals surface area contributed by atoms with Crippen LogP contribution in [-0.2, 0) is 26.0 Å². The Labute approximate surface area is 159 Å². The molecule has 2 aromatic carbocycles. The minimum atomic E-state index is -3.74. The van der Waals surface area contributed by atoms with Gasteiger partial charge in [-0.3, -0.25) is 0 Å². The Morgan fingerprint density at radius 3 is 2.37 bits per heavy atom. The second kappa shape index (κ2) is 8.26. The first-order valence-corrected chi connectivity index (χ1v) is 9.89. The third kappa shape index (κ3) is 4.41. The van der Waals surface area contributed by atoms with E-state index in [1.165, 1.54) is 18.5 Å². The van der Waals surface area contributed by atoms with Crippen molar-refractivity contribution in [3.05, 3.63) is 53.6 Å². The van der Waals surface area contributed by atoms with Gasteiger partial charge < -0.3 is 18.9 Å². The fourth-order valence-corrected chi connectivity index (χ4v) is 4.18. The Hall–Kier alpha value is -2.13. The van der Waals surface area contributed by atoms with E-state index in [1.54, 1.807) is 36.4 Å². The van der Waals surface area contributed by atoms with Crippen LogP contribution >= 0.6 is 0 Å². The fourth-order valence-electron chi connectivity index (χ4n) is 2.76. The molecule has 1 aliphatic heterocycles. The molecule has 27 heavy (non-hydrogen) atoms. The molecule has 0 aliphatic carbocycles. The van der Waals surface area contributed by atoms with E-state index >= 15 is 0 Å². The number of hydrogen-bond acceptors (Lipinski definition) is 6. The number of nitrogens with zero attached hydrogens (tertiary/aromatic N) is 1. The molecule has 0 amide bonds. The monoisotopic (exact) mass is 393 g/mol. The normalized spacial score (nSPS) is 13.5. The van der Waals surface area contributed by atoms with Gasteiger partial charge in [0.1, 0.15) is 0 Å². The van der Waals surface area contributed by atoms with Crippen molar-refractivity contribution in [1.29, 1.82) is 0 Å². The van der Waals surface area contributed by atoms with Crippen molar-refractivity contribution >= 4 is 10.0 Å². The third-order valence-electron chi connectivity index (χ3n) is 4.33. The summed E-state index contributed by atoms with van der Waals surface area (Å²) in [5, 5.41) is 0. The van der Waals surface area contributed by atoms with Gasteiger partial charge in [-0.15, -0.1) is 0 Å². The topological polar surface area (TPSA) is 74.3 Å². The standard InChI is InChI=1S/C19H23NO6S/c1-14-4-7-16(8-5-14)27(21,22)20(12-19(23-2)24-3)11-15-6-9-17-18(10-15)26-13-25-17/h4-10,19H,11-13H2,1-3H3. The van der Waals surface area contributed by atoms with Gasteiger partial charge in [-0.1, -0.05) is 23.8 Å². The van der Waals surface area contributed by atoms with Gasteiger partial charge in [0.05, 0.1) is 11.4 Å². The summed E-state index contributed by atoms with van der Waals surface area (Å²) in [6.45, 7) is 2.28. The van der Waals surface area contributed by atoms with E-state index in [9.17, 15) is 8.42 Å². The van der Waals surface area contributed by atoms with Crippen LogP contribution in [0.4, 0.5) is 0 Å². The molecule has 7 nitrogen and oxygen atoms in total. The minimum absolute atomic E-state index is 0.0532. The second-order valence-corrected chi connectivity index (χ2v) is 8.14. The number of benzene rings is 2. The van der Waals surface area contributed by atoms with E-state index in [1.807, 2.05) is 13.0 Å². The molecule has 3 rings (SSSR count). The van der Waals surface area contributed by atoms with Crippen molar-refractivity contribution in [2.45, 2.75) is 24.7 Å². The van der Waals surface area contributed by atoms with E-state index in [2.05, 4.69) is 0 Å². The van der Waals surface area contributed by atoms with E-state index < -0.39 is 16.3 Å². The molecule has 0 saturated carbocycles. The number of sulfonamides is 1.